The maximum absolute atomic E-state index is 13.0. The Morgan fingerprint density at radius 1 is 1.20 bits per heavy atom. The first-order chi connectivity index (χ1) is 9.51. The highest BCUT2D eigenvalue weighted by molar-refractivity contribution is 9.11. The van der Waals surface area contributed by atoms with Crippen molar-refractivity contribution in [3.8, 4) is 5.75 Å². The minimum Gasteiger partial charge on any atom is -0.494 e. The number of rotatable bonds is 4. The van der Waals surface area contributed by atoms with Gasteiger partial charge in [0.05, 0.1) is 26.8 Å². The maximum atomic E-state index is 13.0. The van der Waals surface area contributed by atoms with Crippen molar-refractivity contribution in [1.29, 1.82) is 0 Å². The molecular formula is C14H11Br2ClFNO. The first-order valence-electron chi connectivity index (χ1n) is 5.72. The van der Waals surface area contributed by atoms with Gasteiger partial charge in [0, 0.05) is 6.54 Å². The van der Waals surface area contributed by atoms with Crippen LogP contribution in [0.3, 0.4) is 0 Å². The van der Waals surface area contributed by atoms with Gasteiger partial charge in [-0.05, 0) is 67.8 Å². The van der Waals surface area contributed by atoms with Crippen LogP contribution in [-0.2, 0) is 6.54 Å². The van der Waals surface area contributed by atoms with Crippen LogP contribution in [0, 0.1) is 5.82 Å². The molecule has 106 valence electrons. The summed E-state index contributed by atoms with van der Waals surface area (Å²) < 4.78 is 19.9. The van der Waals surface area contributed by atoms with Gasteiger partial charge < -0.3 is 10.1 Å². The lowest BCUT2D eigenvalue weighted by molar-refractivity contribution is 0.409. The van der Waals surface area contributed by atoms with E-state index in [4.69, 9.17) is 16.3 Å². The van der Waals surface area contributed by atoms with Crippen LogP contribution >= 0.6 is 43.5 Å². The third-order valence-corrected chi connectivity index (χ3v) is 4.17. The quantitative estimate of drug-likeness (QED) is 0.689. The Balaban J connectivity index is 2.15. The zero-order valence-corrected chi connectivity index (χ0v) is 14.4. The lowest BCUT2D eigenvalue weighted by atomic mass is 10.2. The molecule has 2 rings (SSSR count). The minimum absolute atomic E-state index is 0.351. The average Bonchev–Trinajstić information content (AvgIpc) is 2.37. The first kappa shape index (κ1) is 15.6. The molecule has 2 aromatic rings. The van der Waals surface area contributed by atoms with Crippen LogP contribution in [0.25, 0.3) is 0 Å². The molecule has 2 nitrogen and oxygen atoms in total. The summed E-state index contributed by atoms with van der Waals surface area (Å²) in [6.07, 6.45) is 0. The molecule has 1 N–H and O–H groups in total. The fraction of sp³-hybridized carbons (Fsp3) is 0.143. The Kier molecular flexibility index (Phi) is 5.29. The second-order valence-corrected chi connectivity index (χ2v) is 6.19. The van der Waals surface area contributed by atoms with E-state index in [2.05, 4.69) is 37.2 Å². The molecule has 0 aliphatic carbocycles. The van der Waals surface area contributed by atoms with Gasteiger partial charge in [0.25, 0.3) is 0 Å². The lowest BCUT2D eigenvalue weighted by Gasteiger charge is -2.11. The van der Waals surface area contributed by atoms with Gasteiger partial charge in [-0.25, -0.2) is 4.39 Å². The summed E-state index contributed by atoms with van der Waals surface area (Å²) in [5, 5.41) is 3.53. The van der Waals surface area contributed by atoms with Gasteiger partial charge >= 0.3 is 0 Å². The van der Waals surface area contributed by atoms with Crippen LogP contribution in [0.5, 0.6) is 5.75 Å². The van der Waals surface area contributed by atoms with Gasteiger partial charge in [-0.1, -0.05) is 11.6 Å². The molecular weight excluding hydrogens is 412 g/mol. The van der Waals surface area contributed by atoms with Crippen LogP contribution < -0.4 is 10.1 Å². The second kappa shape index (κ2) is 6.78. The van der Waals surface area contributed by atoms with Crippen molar-refractivity contribution in [2.24, 2.45) is 0 Å². The molecule has 0 saturated heterocycles. The SMILES string of the molecule is COc1c(Br)cc(CNc2ccc(F)cc2Cl)cc1Br. The Morgan fingerprint density at radius 2 is 1.85 bits per heavy atom. The lowest BCUT2D eigenvalue weighted by Crippen LogP contribution is -2.01. The number of methoxy groups -OCH3 is 1. The van der Waals surface area contributed by atoms with Crippen LogP contribution in [0.15, 0.2) is 39.3 Å². The van der Waals surface area contributed by atoms with Gasteiger partial charge in [-0.3, -0.25) is 0 Å². The van der Waals surface area contributed by atoms with E-state index in [0.29, 0.717) is 17.3 Å². The monoisotopic (exact) mass is 421 g/mol. The number of ether oxygens (including phenoxy) is 1. The number of halogens is 4. The molecule has 0 radical (unpaired) electrons. The number of benzene rings is 2. The van der Waals surface area contributed by atoms with Gasteiger partial charge in [-0.2, -0.15) is 0 Å². The highest BCUT2D eigenvalue weighted by atomic mass is 79.9. The van der Waals surface area contributed by atoms with Crippen molar-refractivity contribution in [2.75, 3.05) is 12.4 Å². The predicted octanol–water partition coefficient (Wildman–Crippen LogP) is 5.62. The highest BCUT2D eigenvalue weighted by Gasteiger charge is 2.08. The van der Waals surface area contributed by atoms with Crippen LogP contribution in [0.1, 0.15) is 5.56 Å². The zero-order valence-electron chi connectivity index (χ0n) is 10.5. The normalized spacial score (nSPS) is 10.4. The molecule has 0 fully saturated rings. The summed E-state index contributed by atoms with van der Waals surface area (Å²) in [5.74, 6) is 0.393. The summed E-state index contributed by atoms with van der Waals surface area (Å²) in [6.45, 7) is 0.562. The Morgan fingerprint density at radius 3 is 2.40 bits per heavy atom. The molecule has 0 aromatic heterocycles. The smallest absolute Gasteiger partial charge is 0.147 e. The zero-order chi connectivity index (χ0) is 14.7. The molecule has 0 saturated carbocycles. The van der Waals surface area contributed by atoms with Crippen molar-refractivity contribution in [3.05, 3.63) is 55.7 Å². The first-order valence-corrected chi connectivity index (χ1v) is 7.68. The molecule has 20 heavy (non-hydrogen) atoms. The second-order valence-electron chi connectivity index (χ2n) is 4.07. The van der Waals surface area contributed by atoms with E-state index in [-0.39, 0.29) is 5.82 Å². The van der Waals surface area contributed by atoms with E-state index in [0.717, 1.165) is 20.3 Å². The van der Waals surface area contributed by atoms with E-state index in [1.54, 1.807) is 13.2 Å². The number of hydrogen-bond acceptors (Lipinski definition) is 2. The van der Waals surface area contributed by atoms with E-state index in [1.165, 1.54) is 12.1 Å². The van der Waals surface area contributed by atoms with Crippen molar-refractivity contribution >= 4 is 49.1 Å². The molecule has 0 heterocycles. The maximum Gasteiger partial charge on any atom is 0.147 e. The van der Waals surface area contributed by atoms with E-state index in [9.17, 15) is 4.39 Å². The Bertz CT molecular complexity index is 614. The molecule has 0 aliphatic rings. The highest BCUT2D eigenvalue weighted by Crippen LogP contribution is 2.34. The minimum atomic E-state index is -0.351. The molecule has 0 bridgehead atoms. The Hall–Kier alpha value is -0.780. The van der Waals surface area contributed by atoms with E-state index in [1.807, 2.05) is 12.1 Å². The van der Waals surface area contributed by atoms with Crippen molar-refractivity contribution in [2.45, 2.75) is 6.54 Å². The summed E-state index contributed by atoms with van der Waals surface area (Å²) >= 11 is 12.9. The average molecular weight is 424 g/mol. The molecule has 0 aliphatic heterocycles. The van der Waals surface area contributed by atoms with Gasteiger partial charge in [0.1, 0.15) is 11.6 Å². The van der Waals surface area contributed by atoms with Gasteiger partial charge in [0.2, 0.25) is 0 Å². The molecule has 0 amide bonds. The topological polar surface area (TPSA) is 21.3 Å². The summed E-state index contributed by atoms with van der Waals surface area (Å²) in [5.41, 5.74) is 1.72. The van der Waals surface area contributed by atoms with Crippen molar-refractivity contribution in [3.63, 3.8) is 0 Å². The number of hydrogen-bond donors (Lipinski definition) is 1. The van der Waals surface area contributed by atoms with E-state index < -0.39 is 0 Å². The van der Waals surface area contributed by atoms with Crippen molar-refractivity contribution < 1.29 is 9.13 Å². The molecule has 6 heteroatoms. The van der Waals surface area contributed by atoms with Crippen LogP contribution in [-0.4, -0.2) is 7.11 Å². The summed E-state index contributed by atoms with van der Waals surface area (Å²) in [7, 11) is 1.61. The third-order valence-electron chi connectivity index (χ3n) is 2.68. The number of anilines is 1. The van der Waals surface area contributed by atoms with Crippen LogP contribution in [0.2, 0.25) is 5.02 Å². The van der Waals surface area contributed by atoms with Crippen molar-refractivity contribution in [1.82, 2.24) is 0 Å². The van der Waals surface area contributed by atoms with E-state index >= 15 is 0 Å². The summed E-state index contributed by atoms with van der Waals surface area (Å²) in [4.78, 5) is 0. The molecule has 0 unspecified atom stereocenters. The fourth-order valence-corrected chi connectivity index (χ4v) is 3.58. The van der Waals surface area contributed by atoms with Gasteiger partial charge in [-0.15, -0.1) is 0 Å². The Labute approximate surface area is 138 Å². The summed E-state index contributed by atoms with van der Waals surface area (Å²) in [6, 6.07) is 8.17. The number of nitrogens with one attached hydrogen (secondary N) is 1. The molecule has 0 atom stereocenters. The van der Waals surface area contributed by atoms with Crippen LogP contribution in [0.4, 0.5) is 10.1 Å². The predicted molar refractivity (Wildman–Crippen MR) is 87.1 cm³/mol. The molecule has 0 spiro atoms. The largest absolute Gasteiger partial charge is 0.494 e. The fourth-order valence-electron chi connectivity index (χ4n) is 1.74. The standard InChI is InChI=1S/C14H11Br2ClFNO/c1-20-14-10(15)4-8(5-11(14)16)7-19-13-3-2-9(18)6-12(13)17/h2-6,19H,7H2,1H3. The third kappa shape index (κ3) is 3.65. The molecule has 2 aromatic carbocycles. The van der Waals surface area contributed by atoms with Gasteiger partial charge in [0.15, 0.2) is 0 Å².